The number of thioether (sulfide) groups is 1. The van der Waals surface area contributed by atoms with Crippen molar-refractivity contribution in [2.75, 3.05) is 19.4 Å². The fourth-order valence-corrected chi connectivity index (χ4v) is 5.48. The lowest BCUT2D eigenvalue weighted by Crippen LogP contribution is -2.49. The Morgan fingerprint density at radius 2 is 1.73 bits per heavy atom. The third kappa shape index (κ3) is 10.8. The van der Waals surface area contributed by atoms with Crippen LogP contribution in [0.25, 0.3) is 0 Å². The standard InChI is InChI=1S/C31H39N3O10S/c1-5-31(2,3)20-12-19(25(44-4)13-24(20)37)26(14-23(36)17-6-8-18(35)9-7-17)45-16-22(29(41)33-15-28(39)40)34-27(38)11-10-21(32)30(42)43/h5-9,12-13,21-22,26,35,37H,1,10-11,14-16,32H2,2-4H3,(H,33,41)(H,34,38)(H,39,40)(H,42,43)/t21?,22-,26+/m1/s1. The number of phenolic OH excluding ortho intramolecular Hbond substituents is 2. The lowest BCUT2D eigenvalue weighted by Gasteiger charge is -2.27. The number of nitrogens with two attached hydrogens (primary N) is 1. The number of amides is 2. The van der Waals surface area contributed by atoms with E-state index in [1.54, 1.807) is 12.1 Å². The smallest absolute Gasteiger partial charge is 0.322 e. The number of nitrogens with one attached hydrogen (secondary N) is 2. The Labute approximate surface area is 264 Å². The molecule has 0 bridgehead atoms. The molecule has 2 aromatic carbocycles. The molecular weight excluding hydrogens is 606 g/mol. The predicted molar refractivity (Wildman–Crippen MR) is 168 cm³/mol. The van der Waals surface area contributed by atoms with Crippen molar-refractivity contribution in [1.29, 1.82) is 0 Å². The molecule has 2 rings (SSSR count). The molecule has 8 N–H and O–H groups in total. The maximum Gasteiger partial charge on any atom is 0.322 e. The topological polar surface area (TPSA) is 226 Å². The zero-order valence-electron chi connectivity index (χ0n) is 25.2. The molecule has 244 valence electrons. The summed E-state index contributed by atoms with van der Waals surface area (Å²) in [6.07, 6.45) is 1.01. The highest BCUT2D eigenvalue weighted by Gasteiger charge is 2.30. The van der Waals surface area contributed by atoms with E-state index in [4.69, 9.17) is 20.7 Å². The maximum atomic E-state index is 13.4. The van der Waals surface area contributed by atoms with Gasteiger partial charge in [-0.05, 0) is 36.8 Å². The Kier molecular flexibility index (Phi) is 13.4. The van der Waals surface area contributed by atoms with Crippen LogP contribution in [0.3, 0.4) is 0 Å². The molecule has 0 aliphatic carbocycles. The summed E-state index contributed by atoms with van der Waals surface area (Å²) in [6, 6.07) is 6.19. The highest BCUT2D eigenvalue weighted by Crippen LogP contribution is 2.44. The summed E-state index contributed by atoms with van der Waals surface area (Å²) < 4.78 is 5.55. The third-order valence-corrected chi connectivity index (χ3v) is 8.34. The first-order valence-electron chi connectivity index (χ1n) is 13.9. The van der Waals surface area contributed by atoms with Crippen LogP contribution in [0.2, 0.25) is 0 Å². The minimum Gasteiger partial charge on any atom is -0.508 e. The van der Waals surface area contributed by atoms with Gasteiger partial charge in [-0.2, -0.15) is 11.8 Å². The zero-order chi connectivity index (χ0) is 33.9. The molecule has 14 heteroatoms. The second kappa shape index (κ2) is 16.5. The van der Waals surface area contributed by atoms with Crippen molar-refractivity contribution < 1.29 is 49.1 Å². The molecule has 0 heterocycles. The van der Waals surface area contributed by atoms with Crippen LogP contribution >= 0.6 is 11.8 Å². The Balaban J connectivity index is 2.49. The van der Waals surface area contributed by atoms with Crippen molar-refractivity contribution >= 4 is 41.3 Å². The molecule has 2 amide bonds. The quantitative estimate of drug-likeness (QED) is 0.0917. The van der Waals surface area contributed by atoms with Gasteiger partial charge in [0, 0.05) is 52.0 Å². The van der Waals surface area contributed by atoms with Crippen LogP contribution in [0, 0.1) is 0 Å². The van der Waals surface area contributed by atoms with Gasteiger partial charge in [-0.15, -0.1) is 6.58 Å². The minimum absolute atomic E-state index is 0.0238. The molecular formula is C31H39N3O10S. The number of ether oxygens (including phenoxy) is 1. The van der Waals surface area contributed by atoms with E-state index < -0.39 is 53.0 Å². The number of carbonyl (C=O) groups excluding carboxylic acids is 3. The van der Waals surface area contributed by atoms with Gasteiger partial charge in [-0.1, -0.05) is 19.9 Å². The van der Waals surface area contributed by atoms with Gasteiger partial charge in [0.05, 0.1) is 7.11 Å². The largest absolute Gasteiger partial charge is 0.508 e. The average Bonchev–Trinajstić information content (AvgIpc) is 2.99. The molecule has 0 aliphatic rings. The van der Waals surface area contributed by atoms with Crippen molar-refractivity contribution in [1.82, 2.24) is 10.6 Å². The molecule has 0 radical (unpaired) electrons. The van der Waals surface area contributed by atoms with E-state index in [0.29, 0.717) is 16.7 Å². The number of carboxylic acid groups (broad SMARTS) is 2. The normalized spacial score (nSPS) is 13.2. The van der Waals surface area contributed by atoms with Crippen LogP contribution in [-0.4, -0.2) is 81.5 Å². The first-order chi connectivity index (χ1) is 21.1. The summed E-state index contributed by atoms with van der Waals surface area (Å²) in [6.45, 7) is 6.80. The van der Waals surface area contributed by atoms with Crippen LogP contribution in [0.1, 0.15) is 59.8 Å². The molecule has 1 unspecified atom stereocenters. The number of aliphatic carboxylic acids is 2. The Morgan fingerprint density at radius 3 is 2.29 bits per heavy atom. The highest BCUT2D eigenvalue weighted by atomic mass is 32.2. The van der Waals surface area contributed by atoms with Crippen LogP contribution in [0.4, 0.5) is 0 Å². The first-order valence-corrected chi connectivity index (χ1v) is 14.9. The number of phenols is 2. The fourth-order valence-electron chi connectivity index (χ4n) is 4.19. The number of carbonyl (C=O) groups is 5. The number of hydrogen-bond acceptors (Lipinski definition) is 10. The maximum absolute atomic E-state index is 13.4. The van der Waals surface area contributed by atoms with Crippen LogP contribution in [0.15, 0.2) is 49.1 Å². The van der Waals surface area contributed by atoms with E-state index in [9.17, 15) is 34.2 Å². The van der Waals surface area contributed by atoms with E-state index in [1.165, 1.54) is 37.4 Å². The van der Waals surface area contributed by atoms with Gasteiger partial charge in [0.25, 0.3) is 0 Å². The SMILES string of the molecule is C=CC(C)(C)c1cc([C@H](CC(=O)c2ccc(O)cc2)SC[C@@H](NC(=O)CCC(N)C(=O)O)C(=O)NCC(=O)O)c(OC)cc1O. The van der Waals surface area contributed by atoms with Crippen LogP contribution < -0.4 is 21.1 Å². The summed E-state index contributed by atoms with van der Waals surface area (Å²) in [5, 5.41) is 42.5. The summed E-state index contributed by atoms with van der Waals surface area (Å²) in [5.74, 6) is -4.38. The lowest BCUT2D eigenvalue weighted by molar-refractivity contribution is -0.139. The highest BCUT2D eigenvalue weighted by molar-refractivity contribution is 7.99. The van der Waals surface area contributed by atoms with E-state index in [1.807, 2.05) is 13.8 Å². The molecule has 0 fully saturated rings. The molecule has 45 heavy (non-hydrogen) atoms. The molecule has 0 saturated carbocycles. The van der Waals surface area contributed by atoms with Crippen molar-refractivity contribution in [3.05, 3.63) is 65.7 Å². The Morgan fingerprint density at radius 1 is 1.09 bits per heavy atom. The summed E-state index contributed by atoms with van der Waals surface area (Å²) >= 11 is 1.11. The van der Waals surface area contributed by atoms with Gasteiger partial charge in [0.1, 0.15) is 35.9 Å². The lowest BCUT2D eigenvalue weighted by atomic mass is 9.82. The number of hydrogen-bond donors (Lipinski definition) is 7. The molecule has 0 aliphatic heterocycles. The number of rotatable bonds is 18. The number of carboxylic acids is 2. The Hall–Kier alpha value is -4.56. The molecule has 13 nitrogen and oxygen atoms in total. The second-order valence-corrected chi connectivity index (χ2v) is 12.0. The number of ketones is 1. The zero-order valence-corrected chi connectivity index (χ0v) is 26.1. The van der Waals surface area contributed by atoms with E-state index in [0.717, 1.165) is 11.8 Å². The van der Waals surface area contributed by atoms with Crippen molar-refractivity contribution in [2.45, 2.75) is 55.9 Å². The average molecular weight is 646 g/mol. The van der Waals surface area contributed by atoms with Crippen LogP contribution in [0.5, 0.6) is 17.2 Å². The summed E-state index contributed by atoms with van der Waals surface area (Å²) in [5.41, 5.74) is 6.10. The summed E-state index contributed by atoms with van der Waals surface area (Å²) in [7, 11) is 1.39. The van der Waals surface area contributed by atoms with Gasteiger partial charge in [-0.25, -0.2) is 0 Å². The molecule has 0 aromatic heterocycles. The third-order valence-electron chi connectivity index (χ3n) is 6.99. The molecule has 0 saturated heterocycles. The summed E-state index contributed by atoms with van der Waals surface area (Å²) in [4.78, 5) is 61.1. The predicted octanol–water partition coefficient (Wildman–Crippen LogP) is 2.50. The van der Waals surface area contributed by atoms with Gasteiger partial charge in [0.2, 0.25) is 11.8 Å². The minimum atomic E-state index is -1.31. The van der Waals surface area contributed by atoms with Crippen molar-refractivity contribution in [3.63, 3.8) is 0 Å². The monoisotopic (exact) mass is 645 g/mol. The fraction of sp³-hybridized carbons (Fsp3) is 0.387. The van der Waals surface area contributed by atoms with Gasteiger partial charge >= 0.3 is 11.9 Å². The molecule has 0 spiro atoms. The number of allylic oxidation sites excluding steroid dienone is 1. The molecule has 2 aromatic rings. The number of aromatic hydroxyl groups is 2. The van der Waals surface area contributed by atoms with Gasteiger partial charge < -0.3 is 41.5 Å². The van der Waals surface area contributed by atoms with E-state index in [-0.39, 0.29) is 48.0 Å². The van der Waals surface area contributed by atoms with Crippen LogP contribution in [-0.2, 0) is 24.6 Å². The first kappa shape index (κ1) is 36.6. The van der Waals surface area contributed by atoms with Crippen molar-refractivity contribution in [2.24, 2.45) is 5.73 Å². The Bertz CT molecular complexity index is 1410. The number of Topliss-reactive ketones (excluding diaryl/α,β-unsaturated/α-hetero) is 1. The van der Waals surface area contributed by atoms with Gasteiger partial charge in [-0.3, -0.25) is 24.0 Å². The second-order valence-electron chi connectivity index (χ2n) is 10.7. The van der Waals surface area contributed by atoms with E-state index >= 15 is 0 Å². The van der Waals surface area contributed by atoms with Gasteiger partial charge in [0.15, 0.2) is 5.78 Å². The van der Waals surface area contributed by atoms with E-state index in [2.05, 4.69) is 17.2 Å². The number of benzene rings is 2. The number of methoxy groups -OCH3 is 1. The molecule has 3 atom stereocenters. The van der Waals surface area contributed by atoms with Crippen molar-refractivity contribution in [3.8, 4) is 17.2 Å².